The summed E-state index contributed by atoms with van der Waals surface area (Å²) < 4.78 is 11.4. The van der Waals surface area contributed by atoms with Crippen LogP contribution in [0.25, 0.3) is 0 Å². The van der Waals surface area contributed by atoms with E-state index in [1.54, 1.807) is 0 Å². The van der Waals surface area contributed by atoms with Gasteiger partial charge in [0.05, 0.1) is 23.2 Å². The molecule has 4 heteroatoms. The highest BCUT2D eigenvalue weighted by atomic mass is 16.5. The van der Waals surface area contributed by atoms with Gasteiger partial charge in [0.15, 0.2) is 0 Å². The zero-order valence-electron chi connectivity index (χ0n) is 11.1. The molecule has 0 aromatic carbocycles. The first-order chi connectivity index (χ1) is 7.70. The fourth-order valence-corrected chi connectivity index (χ4v) is 3.60. The number of carboxylic acid groups (broad SMARTS) is 1. The van der Waals surface area contributed by atoms with E-state index in [1.807, 2.05) is 27.7 Å². The maximum Gasteiger partial charge on any atom is 0.312 e. The number of ether oxygens (including phenoxy) is 2. The van der Waals surface area contributed by atoms with Crippen LogP contribution in [0.3, 0.4) is 0 Å². The summed E-state index contributed by atoms with van der Waals surface area (Å²) in [4.78, 5) is 11.7. The molecule has 2 atom stereocenters. The van der Waals surface area contributed by atoms with Crippen molar-refractivity contribution in [3.63, 3.8) is 0 Å². The summed E-state index contributed by atoms with van der Waals surface area (Å²) in [5.74, 6) is -0.737. The lowest BCUT2D eigenvalue weighted by Crippen LogP contribution is -2.47. The summed E-state index contributed by atoms with van der Waals surface area (Å²) in [6.45, 7) is 8.90. The molecule has 4 nitrogen and oxygen atoms in total. The molecule has 2 saturated heterocycles. The lowest BCUT2D eigenvalue weighted by Gasteiger charge is -2.37. The summed E-state index contributed by atoms with van der Waals surface area (Å²) in [6.07, 6.45) is 1.37. The van der Waals surface area contributed by atoms with Crippen molar-refractivity contribution < 1.29 is 19.4 Å². The second-order valence-corrected chi connectivity index (χ2v) is 6.49. The van der Waals surface area contributed by atoms with E-state index in [-0.39, 0.29) is 11.5 Å². The molecule has 0 amide bonds. The first kappa shape index (κ1) is 12.8. The zero-order valence-corrected chi connectivity index (χ0v) is 11.1. The van der Waals surface area contributed by atoms with E-state index in [0.717, 1.165) is 6.42 Å². The summed E-state index contributed by atoms with van der Waals surface area (Å²) in [6, 6.07) is 0. The average Bonchev–Trinajstić information content (AvgIpc) is 2.68. The van der Waals surface area contributed by atoms with Crippen molar-refractivity contribution >= 4 is 5.97 Å². The minimum Gasteiger partial charge on any atom is -0.481 e. The summed E-state index contributed by atoms with van der Waals surface area (Å²) in [5.41, 5.74) is -1.42. The smallest absolute Gasteiger partial charge is 0.312 e. The van der Waals surface area contributed by atoms with Crippen LogP contribution < -0.4 is 0 Å². The highest BCUT2D eigenvalue weighted by molar-refractivity contribution is 5.76. The standard InChI is InChI=1S/C13H22O4/c1-11(2)7-9(12(3,4)17-11)13(10(14)15)5-6-16-8-13/h9H,5-8H2,1-4H3,(H,14,15). The van der Waals surface area contributed by atoms with E-state index >= 15 is 0 Å². The van der Waals surface area contributed by atoms with Gasteiger partial charge in [-0.25, -0.2) is 0 Å². The predicted molar refractivity (Wildman–Crippen MR) is 62.9 cm³/mol. The summed E-state index contributed by atoms with van der Waals surface area (Å²) in [7, 11) is 0. The fourth-order valence-electron chi connectivity index (χ4n) is 3.60. The van der Waals surface area contributed by atoms with Crippen molar-refractivity contribution in [2.24, 2.45) is 11.3 Å². The van der Waals surface area contributed by atoms with Crippen LogP contribution in [0.2, 0.25) is 0 Å². The molecule has 2 fully saturated rings. The molecule has 17 heavy (non-hydrogen) atoms. The Morgan fingerprint density at radius 3 is 2.29 bits per heavy atom. The molecular weight excluding hydrogens is 220 g/mol. The van der Waals surface area contributed by atoms with Crippen LogP contribution in [0.5, 0.6) is 0 Å². The normalized spacial score (nSPS) is 39.4. The van der Waals surface area contributed by atoms with Gasteiger partial charge >= 0.3 is 5.97 Å². The molecule has 0 aromatic heterocycles. The monoisotopic (exact) mass is 242 g/mol. The molecule has 2 unspecified atom stereocenters. The largest absolute Gasteiger partial charge is 0.481 e. The Labute approximate surface area is 102 Å². The van der Waals surface area contributed by atoms with Crippen LogP contribution >= 0.6 is 0 Å². The number of carboxylic acids is 1. The van der Waals surface area contributed by atoms with Crippen LogP contribution in [0.4, 0.5) is 0 Å². The van der Waals surface area contributed by atoms with Gasteiger partial charge in [-0.2, -0.15) is 0 Å². The molecule has 2 heterocycles. The van der Waals surface area contributed by atoms with Crippen LogP contribution in [0, 0.1) is 11.3 Å². The molecule has 0 aromatic rings. The molecule has 2 aliphatic heterocycles. The number of carbonyl (C=O) groups is 1. The quantitative estimate of drug-likeness (QED) is 0.805. The maximum absolute atomic E-state index is 11.7. The Kier molecular flexibility index (Phi) is 2.79. The molecule has 2 aliphatic rings. The molecule has 2 rings (SSSR count). The van der Waals surface area contributed by atoms with E-state index < -0.39 is 17.0 Å². The molecule has 0 spiro atoms. The van der Waals surface area contributed by atoms with E-state index in [4.69, 9.17) is 9.47 Å². The second-order valence-electron chi connectivity index (χ2n) is 6.49. The van der Waals surface area contributed by atoms with Gasteiger partial charge in [-0.15, -0.1) is 0 Å². The molecule has 0 radical (unpaired) electrons. The van der Waals surface area contributed by atoms with E-state index in [1.165, 1.54) is 0 Å². The van der Waals surface area contributed by atoms with Crippen molar-refractivity contribution in [2.75, 3.05) is 13.2 Å². The molecule has 0 saturated carbocycles. The number of hydrogen-bond acceptors (Lipinski definition) is 3. The molecule has 0 bridgehead atoms. The van der Waals surface area contributed by atoms with Gasteiger partial charge in [0.1, 0.15) is 0 Å². The lowest BCUT2D eigenvalue weighted by molar-refractivity contribution is -0.158. The third-order valence-corrected chi connectivity index (χ3v) is 4.22. The van der Waals surface area contributed by atoms with Gasteiger partial charge < -0.3 is 14.6 Å². The van der Waals surface area contributed by atoms with E-state index in [0.29, 0.717) is 19.6 Å². The molecule has 98 valence electrons. The molecule has 1 N–H and O–H groups in total. The predicted octanol–water partition coefficient (Wildman–Crippen LogP) is 2.07. The van der Waals surface area contributed by atoms with Gasteiger partial charge in [-0.3, -0.25) is 4.79 Å². The Hall–Kier alpha value is -0.610. The van der Waals surface area contributed by atoms with Crippen molar-refractivity contribution in [2.45, 2.75) is 51.7 Å². The van der Waals surface area contributed by atoms with Gasteiger partial charge in [-0.1, -0.05) is 0 Å². The maximum atomic E-state index is 11.7. The second kappa shape index (κ2) is 3.69. The van der Waals surface area contributed by atoms with Gasteiger partial charge in [-0.05, 0) is 40.5 Å². The fraction of sp³-hybridized carbons (Fsp3) is 0.923. The van der Waals surface area contributed by atoms with Crippen molar-refractivity contribution in [3.05, 3.63) is 0 Å². The highest BCUT2D eigenvalue weighted by Crippen LogP contribution is 2.53. The minimum absolute atomic E-state index is 0.00463. The summed E-state index contributed by atoms with van der Waals surface area (Å²) >= 11 is 0. The Morgan fingerprint density at radius 1 is 1.29 bits per heavy atom. The van der Waals surface area contributed by atoms with Crippen LogP contribution in [0.15, 0.2) is 0 Å². The van der Waals surface area contributed by atoms with Crippen LogP contribution in [-0.2, 0) is 14.3 Å². The SMILES string of the molecule is CC1(C)CC(C2(C(=O)O)CCOC2)C(C)(C)O1. The van der Waals surface area contributed by atoms with Gasteiger partial charge in [0, 0.05) is 12.5 Å². The van der Waals surface area contributed by atoms with E-state index in [9.17, 15) is 9.90 Å². The van der Waals surface area contributed by atoms with Crippen molar-refractivity contribution in [1.82, 2.24) is 0 Å². The average molecular weight is 242 g/mol. The Bertz CT molecular complexity index is 326. The third kappa shape index (κ3) is 1.97. The molecular formula is C13H22O4. The summed E-state index contributed by atoms with van der Waals surface area (Å²) in [5, 5.41) is 9.59. The first-order valence-electron chi connectivity index (χ1n) is 6.21. The lowest BCUT2D eigenvalue weighted by atomic mass is 9.66. The third-order valence-electron chi connectivity index (χ3n) is 4.22. The van der Waals surface area contributed by atoms with Crippen molar-refractivity contribution in [3.8, 4) is 0 Å². The molecule has 0 aliphatic carbocycles. The van der Waals surface area contributed by atoms with Gasteiger partial charge in [0.25, 0.3) is 0 Å². The van der Waals surface area contributed by atoms with Crippen LogP contribution in [-0.4, -0.2) is 35.5 Å². The topological polar surface area (TPSA) is 55.8 Å². The Morgan fingerprint density at radius 2 is 1.94 bits per heavy atom. The van der Waals surface area contributed by atoms with Crippen molar-refractivity contribution in [1.29, 1.82) is 0 Å². The zero-order chi connectivity index (χ0) is 12.9. The minimum atomic E-state index is -0.767. The first-order valence-corrected chi connectivity index (χ1v) is 6.21. The number of rotatable bonds is 2. The number of aliphatic carboxylic acids is 1. The number of hydrogen-bond donors (Lipinski definition) is 1. The Balaban J connectivity index is 2.35. The van der Waals surface area contributed by atoms with Crippen LogP contribution in [0.1, 0.15) is 40.5 Å². The highest BCUT2D eigenvalue weighted by Gasteiger charge is 2.60. The van der Waals surface area contributed by atoms with Gasteiger partial charge in [0.2, 0.25) is 0 Å². The van der Waals surface area contributed by atoms with E-state index in [2.05, 4.69) is 0 Å².